The average molecular weight is 261 g/mol. The molecule has 0 amide bonds. The molecule has 0 aliphatic heterocycles. The minimum absolute atomic E-state index is 0.135. The van der Waals surface area contributed by atoms with Crippen molar-refractivity contribution in [1.29, 1.82) is 0 Å². The lowest BCUT2D eigenvalue weighted by Crippen LogP contribution is -2.35. The highest BCUT2D eigenvalue weighted by molar-refractivity contribution is 5.39. The van der Waals surface area contributed by atoms with Gasteiger partial charge >= 0.3 is 0 Å². The Morgan fingerprint density at radius 1 is 1.32 bits per heavy atom. The highest BCUT2D eigenvalue weighted by Crippen LogP contribution is 2.30. The zero-order valence-corrected chi connectivity index (χ0v) is 12.7. The molecule has 0 atom stereocenters. The summed E-state index contributed by atoms with van der Waals surface area (Å²) in [7, 11) is 0. The topological polar surface area (TPSA) is 28.2 Å². The lowest BCUT2D eigenvalue weighted by molar-refractivity contribution is 0.421. The zero-order valence-electron chi connectivity index (χ0n) is 12.7. The maximum Gasteiger partial charge on any atom is 0.128 e. The van der Waals surface area contributed by atoms with Gasteiger partial charge in [0.25, 0.3) is 0 Å². The Bertz CT molecular complexity index is 405. The molecular weight excluding hydrogens is 234 g/mol. The van der Waals surface area contributed by atoms with Crippen LogP contribution in [-0.2, 0) is 6.54 Å². The summed E-state index contributed by atoms with van der Waals surface area (Å²) in [6.07, 6.45) is 2.78. The van der Waals surface area contributed by atoms with Gasteiger partial charge in [0.1, 0.15) is 5.82 Å². The predicted molar refractivity (Wildman–Crippen MR) is 81.4 cm³/mol. The first kappa shape index (κ1) is 14.3. The summed E-state index contributed by atoms with van der Waals surface area (Å²) in [6, 6.07) is 6.36. The van der Waals surface area contributed by atoms with Crippen LogP contribution in [0.4, 0.5) is 5.82 Å². The Hall–Kier alpha value is -1.09. The van der Waals surface area contributed by atoms with E-state index in [1.807, 2.05) is 0 Å². The molecule has 1 aromatic heterocycles. The van der Waals surface area contributed by atoms with E-state index >= 15 is 0 Å². The summed E-state index contributed by atoms with van der Waals surface area (Å²) in [6.45, 7) is 11.8. The number of hydrogen-bond donors (Lipinski definition) is 1. The van der Waals surface area contributed by atoms with Crippen molar-refractivity contribution in [2.24, 2.45) is 5.92 Å². The summed E-state index contributed by atoms with van der Waals surface area (Å²) < 4.78 is 0. The molecule has 19 heavy (non-hydrogen) atoms. The van der Waals surface area contributed by atoms with Crippen molar-refractivity contribution in [2.75, 3.05) is 18.0 Å². The van der Waals surface area contributed by atoms with Crippen LogP contribution in [-0.4, -0.2) is 23.6 Å². The largest absolute Gasteiger partial charge is 0.357 e. The van der Waals surface area contributed by atoms with Crippen LogP contribution in [0.5, 0.6) is 0 Å². The fourth-order valence-corrected chi connectivity index (χ4v) is 2.09. The standard InChI is InChI=1S/C16H27N3/c1-5-19(12-13-9-10-13)15-8-6-7-14(18-15)11-17-16(2,3)4/h6-8,13,17H,5,9-12H2,1-4H3. The molecule has 0 aromatic carbocycles. The van der Waals surface area contributed by atoms with Gasteiger partial charge in [-0.2, -0.15) is 0 Å². The van der Waals surface area contributed by atoms with Gasteiger partial charge in [-0.25, -0.2) is 4.98 Å². The van der Waals surface area contributed by atoms with Gasteiger partial charge in [0.05, 0.1) is 5.69 Å². The van der Waals surface area contributed by atoms with Crippen LogP contribution in [0.15, 0.2) is 18.2 Å². The third-order valence-corrected chi connectivity index (χ3v) is 3.47. The first-order valence-corrected chi connectivity index (χ1v) is 7.44. The second-order valence-electron chi connectivity index (χ2n) is 6.57. The van der Waals surface area contributed by atoms with Crippen molar-refractivity contribution >= 4 is 5.82 Å². The minimum atomic E-state index is 0.135. The summed E-state index contributed by atoms with van der Waals surface area (Å²) in [5.74, 6) is 2.03. The number of rotatable bonds is 6. The van der Waals surface area contributed by atoms with Crippen molar-refractivity contribution in [3.63, 3.8) is 0 Å². The molecule has 1 heterocycles. The number of anilines is 1. The van der Waals surface area contributed by atoms with Crippen LogP contribution in [0, 0.1) is 5.92 Å². The van der Waals surface area contributed by atoms with Gasteiger partial charge < -0.3 is 10.2 Å². The highest BCUT2D eigenvalue weighted by Gasteiger charge is 2.24. The van der Waals surface area contributed by atoms with Gasteiger partial charge in [0.2, 0.25) is 0 Å². The third kappa shape index (κ3) is 4.83. The van der Waals surface area contributed by atoms with Gasteiger partial charge in [-0.3, -0.25) is 0 Å². The second kappa shape index (κ2) is 5.91. The van der Waals surface area contributed by atoms with E-state index in [4.69, 9.17) is 4.98 Å². The number of pyridine rings is 1. The Kier molecular flexibility index (Phi) is 4.46. The maximum atomic E-state index is 4.79. The molecule has 2 rings (SSSR count). The SMILES string of the molecule is CCN(CC1CC1)c1cccc(CNC(C)(C)C)n1. The number of hydrogen-bond acceptors (Lipinski definition) is 3. The van der Waals surface area contributed by atoms with Crippen LogP contribution in [0.1, 0.15) is 46.2 Å². The molecule has 1 aliphatic rings. The molecule has 1 aromatic rings. The van der Waals surface area contributed by atoms with Crippen LogP contribution in [0.3, 0.4) is 0 Å². The summed E-state index contributed by atoms with van der Waals surface area (Å²) >= 11 is 0. The number of aromatic nitrogens is 1. The molecular formula is C16H27N3. The molecule has 3 nitrogen and oxygen atoms in total. The smallest absolute Gasteiger partial charge is 0.128 e. The van der Waals surface area contributed by atoms with Crippen molar-refractivity contribution < 1.29 is 0 Å². The Labute approximate surface area is 117 Å². The molecule has 1 N–H and O–H groups in total. The molecule has 1 aliphatic carbocycles. The molecule has 0 saturated heterocycles. The van der Waals surface area contributed by atoms with E-state index < -0.39 is 0 Å². The number of nitrogens with one attached hydrogen (secondary N) is 1. The maximum absolute atomic E-state index is 4.79. The van der Waals surface area contributed by atoms with E-state index in [0.29, 0.717) is 0 Å². The monoisotopic (exact) mass is 261 g/mol. The molecule has 0 radical (unpaired) electrons. The molecule has 0 unspecified atom stereocenters. The number of nitrogens with zero attached hydrogens (tertiary/aromatic N) is 2. The quantitative estimate of drug-likeness (QED) is 0.852. The molecule has 0 spiro atoms. The Morgan fingerprint density at radius 2 is 2.05 bits per heavy atom. The lowest BCUT2D eigenvalue weighted by Gasteiger charge is -2.23. The van der Waals surface area contributed by atoms with Gasteiger partial charge in [-0.15, -0.1) is 0 Å². The highest BCUT2D eigenvalue weighted by atomic mass is 15.2. The predicted octanol–water partition coefficient (Wildman–Crippen LogP) is 3.21. The average Bonchev–Trinajstić information content (AvgIpc) is 3.17. The summed E-state index contributed by atoms with van der Waals surface area (Å²) in [5, 5.41) is 3.49. The van der Waals surface area contributed by atoms with Gasteiger partial charge in [-0.1, -0.05) is 6.07 Å². The third-order valence-electron chi connectivity index (χ3n) is 3.47. The molecule has 1 fully saturated rings. The van der Waals surface area contributed by atoms with E-state index in [9.17, 15) is 0 Å². The van der Waals surface area contributed by atoms with Crippen molar-refractivity contribution in [3.05, 3.63) is 23.9 Å². The first-order chi connectivity index (χ1) is 8.98. The van der Waals surface area contributed by atoms with Crippen LogP contribution < -0.4 is 10.2 Å². The van der Waals surface area contributed by atoms with Crippen LogP contribution >= 0.6 is 0 Å². The molecule has 0 bridgehead atoms. The van der Waals surface area contributed by atoms with E-state index in [1.165, 1.54) is 19.4 Å². The minimum Gasteiger partial charge on any atom is -0.357 e. The molecule has 1 saturated carbocycles. The molecule has 106 valence electrons. The van der Waals surface area contributed by atoms with E-state index in [1.54, 1.807) is 0 Å². The van der Waals surface area contributed by atoms with Gasteiger partial charge in [0.15, 0.2) is 0 Å². The molecule has 3 heteroatoms. The van der Waals surface area contributed by atoms with Crippen molar-refractivity contribution in [3.8, 4) is 0 Å². The summed E-state index contributed by atoms with van der Waals surface area (Å²) in [5.41, 5.74) is 1.26. The summed E-state index contributed by atoms with van der Waals surface area (Å²) in [4.78, 5) is 7.19. The van der Waals surface area contributed by atoms with Crippen LogP contribution in [0.25, 0.3) is 0 Å². The lowest BCUT2D eigenvalue weighted by atomic mass is 10.1. The normalized spacial score (nSPS) is 15.6. The van der Waals surface area contributed by atoms with E-state index in [-0.39, 0.29) is 5.54 Å². The fraction of sp³-hybridized carbons (Fsp3) is 0.688. The van der Waals surface area contributed by atoms with Crippen LogP contribution in [0.2, 0.25) is 0 Å². The fourth-order valence-electron chi connectivity index (χ4n) is 2.09. The first-order valence-electron chi connectivity index (χ1n) is 7.44. The zero-order chi connectivity index (χ0) is 13.9. The van der Waals surface area contributed by atoms with Gasteiger partial charge in [-0.05, 0) is 58.6 Å². The Balaban J connectivity index is 2.00. The Morgan fingerprint density at radius 3 is 2.63 bits per heavy atom. The van der Waals surface area contributed by atoms with Crippen molar-refractivity contribution in [2.45, 2.75) is 52.6 Å². The van der Waals surface area contributed by atoms with Crippen molar-refractivity contribution in [1.82, 2.24) is 10.3 Å². The van der Waals surface area contributed by atoms with E-state index in [2.05, 4.69) is 56.1 Å². The second-order valence-corrected chi connectivity index (χ2v) is 6.57. The van der Waals surface area contributed by atoms with E-state index in [0.717, 1.165) is 30.5 Å². The van der Waals surface area contributed by atoms with Gasteiger partial charge in [0, 0.05) is 25.2 Å².